The summed E-state index contributed by atoms with van der Waals surface area (Å²) in [7, 11) is 1.83. The van der Waals surface area contributed by atoms with Crippen LogP contribution in [0.25, 0.3) is 0 Å². The molecule has 1 rings (SSSR count). The largest absolute Gasteiger partial charge is 0.381 e. The Hall–Kier alpha value is -0.0800. The molecule has 0 aliphatic carbocycles. The van der Waals surface area contributed by atoms with Gasteiger partial charge in [-0.1, -0.05) is 20.3 Å². The summed E-state index contributed by atoms with van der Waals surface area (Å²) in [6.07, 6.45) is 6.30. The highest BCUT2D eigenvalue weighted by Gasteiger charge is 2.16. The van der Waals surface area contributed by atoms with Crippen LogP contribution in [0.5, 0.6) is 0 Å². The van der Waals surface area contributed by atoms with Crippen LogP contribution in [0.4, 0.5) is 0 Å². The van der Waals surface area contributed by atoms with Gasteiger partial charge in [-0.05, 0) is 45.1 Å². The number of piperidine rings is 1. The van der Waals surface area contributed by atoms with Crippen molar-refractivity contribution < 1.29 is 4.74 Å². The fourth-order valence-electron chi connectivity index (χ4n) is 2.90. The molecule has 5 nitrogen and oxygen atoms in total. The van der Waals surface area contributed by atoms with Gasteiger partial charge in [-0.3, -0.25) is 4.99 Å². The summed E-state index contributed by atoms with van der Waals surface area (Å²) >= 11 is 0. The maximum atomic E-state index is 5.58. The maximum absolute atomic E-state index is 5.58. The lowest BCUT2D eigenvalue weighted by molar-refractivity contribution is 0.108. The van der Waals surface area contributed by atoms with Crippen molar-refractivity contribution in [3.63, 3.8) is 0 Å². The monoisotopic (exact) mass is 454 g/mol. The summed E-state index contributed by atoms with van der Waals surface area (Å²) in [6, 6.07) is 0.757. The minimum absolute atomic E-state index is 0. The molecule has 0 aromatic carbocycles. The second kappa shape index (κ2) is 15.2. The molecule has 0 radical (unpaired) electrons. The highest BCUT2D eigenvalue weighted by Crippen LogP contribution is 2.15. The average Bonchev–Trinajstić information content (AvgIpc) is 2.53. The van der Waals surface area contributed by atoms with E-state index in [-0.39, 0.29) is 24.0 Å². The van der Waals surface area contributed by atoms with Crippen LogP contribution in [0.15, 0.2) is 4.99 Å². The van der Waals surface area contributed by atoms with Crippen LogP contribution in [0, 0.1) is 5.92 Å². The topological polar surface area (TPSA) is 48.9 Å². The van der Waals surface area contributed by atoms with Gasteiger partial charge < -0.3 is 20.3 Å². The minimum atomic E-state index is 0. The Kier molecular flexibility index (Phi) is 15.1. The zero-order chi connectivity index (χ0) is 16.9. The van der Waals surface area contributed by atoms with Crippen LogP contribution in [0.2, 0.25) is 0 Å². The quantitative estimate of drug-likeness (QED) is 0.231. The van der Waals surface area contributed by atoms with E-state index in [2.05, 4.69) is 41.3 Å². The summed E-state index contributed by atoms with van der Waals surface area (Å²) in [5, 5.41) is 6.75. The van der Waals surface area contributed by atoms with Crippen molar-refractivity contribution in [2.45, 2.75) is 58.9 Å². The predicted octanol–water partition coefficient (Wildman–Crippen LogP) is 3.10. The van der Waals surface area contributed by atoms with Gasteiger partial charge in [0.15, 0.2) is 5.96 Å². The van der Waals surface area contributed by atoms with Crippen molar-refractivity contribution >= 4 is 29.9 Å². The molecule has 1 saturated heterocycles. The van der Waals surface area contributed by atoms with E-state index in [1.54, 1.807) is 0 Å². The lowest BCUT2D eigenvalue weighted by Gasteiger charge is -2.33. The molecule has 0 aromatic heterocycles. The van der Waals surface area contributed by atoms with Gasteiger partial charge in [0.1, 0.15) is 0 Å². The minimum Gasteiger partial charge on any atom is -0.381 e. The summed E-state index contributed by atoms with van der Waals surface area (Å²) in [6.45, 7) is 12.7. The Morgan fingerprint density at radius 1 is 1.21 bits per heavy atom. The lowest BCUT2D eigenvalue weighted by atomic mass is 10.0. The van der Waals surface area contributed by atoms with E-state index in [1.165, 1.54) is 38.8 Å². The molecule has 0 spiro atoms. The van der Waals surface area contributed by atoms with Crippen LogP contribution in [0.3, 0.4) is 0 Å². The number of halogens is 1. The highest BCUT2D eigenvalue weighted by atomic mass is 127. The van der Waals surface area contributed by atoms with Crippen LogP contribution < -0.4 is 10.6 Å². The van der Waals surface area contributed by atoms with Crippen LogP contribution in [-0.2, 0) is 4.74 Å². The summed E-state index contributed by atoms with van der Waals surface area (Å²) in [4.78, 5) is 6.89. The Labute approximate surface area is 166 Å². The first kappa shape index (κ1) is 23.9. The second-order valence-electron chi connectivity index (χ2n) is 6.98. The van der Waals surface area contributed by atoms with Gasteiger partial charge >= 0.3 is 0 Å². The van der Waals surface area contributed by atoms with Crippen LogP contribution in [-0.4, -0.2) is 63.3 Å². The molecule has 1 atom stereocenters. The number of aliphatic imine (C=N–C) groups is 1. The summed E-state index contributed by atoms with van der Waals surface area (Å²) < 4.78 is 5.58. The molecule has 24 heavy (non-hydrogen) atoms. The predicted molar refractivity (Wildman–Crippen MR) is 115 cm³/mol. The summed E-state index contributed by atoms with van der Waals surface area (Å²) in [5.41, 5.74) is 0. The van der Waals surface area contributed by atoms with E-state index in [0.29, 0.717) is 5.92 Å². The molecular weight excluding hydrogens is 415 g/mol. The molecule has 1 aliphatic rings. The lowest BCUT2D eigenvalue weighted by Crippen LogP contribution is -2.41. The van der Waals surface area contributed by atoms with Crippen LogP contribution >= 0.6 is 24.0 Å². The first-order chi connectivity index (χ1) is 11.1. The molecule has 1 heterocycles. The average molecular weight is 454 g/mol. The van der Waals surface area contributed by atoms with Crippen molar-refractivity contribution in [2.75, 3.05) is 46.4 Å². The van der Waals surface area contributed by atoms with E-state index >= 15 is 0 Å². The van der Waals surface area contributed by atoms with Gasteiger partial charge in [0.05, 0.1) is 0 Å². The normalized spacial score (nSPS) is 19.2. The standard InChI is InChI=1S/C18H38N4O.HI/c1-16(2)15-23-14-8-11-21-18(19-4)20-10-7-13-22-12-6-5-9-17(22)3;/h16-17H,5-15H2,1-4H3,(H2,19,20,21);1H. The first-order valence-electron chi connectivity index (χ1n) is 9.39. The van der Waals surface area contributed by atoms with Crippen molar-refractivity contribution in [1.82, 2.24) is 15.5 Å². The molecule has 0 bridgehead atoms. The number of ether oxygens (including phenoxy) is 1. The molecule has 0 amide bonds. The van der Waals surface area contributed by atoms with Gasteiger partial charge in [0.25, 0.3) is 0 Å². The number of guanidine groups is 1. The third kappa shape index (κ3) is 11.5. The van der Waals surface area contributed by atoms with Crippen molar-refractivity contribution in [2.24, 2.45) is 10.9 Å². The Bertz CT molecular complexity index is 326. The van der Waals surface area contributed by atoms with E-state index in [0.717, 1.165) is 44.7 Å². The smallest absolute Gasteiger partial charge is 0.190 e. The number of hydrogen-bond acceptors (Lipinski definition) is 3. The molecule has 0 aromatic rings. The zero-order valence-electron chi connectivity index (χ0n) is 16.1. The molecular formula is C18H39IN4O. The molecule has 144 valence electrons. The van der Waals surface area contributed by atoms with Crippen molar-refractivity contribution in [1.29, 1.82) is 0 Å². The van der Waals surface area contributed by atoms with Gasteiger partial charge in [0.2, 0.25) is 0 Å². The highest BCUT2D eigenvalue weighted by molar-refractivity contribution is 14.0. The summed E-state index contributed by atoms with van der Waals surface area (Å²) in [5.74, 6) is 1.51. The van der Waals surface area contributed by atoms with Gasteiger partial charge in [0, 0.05) is 45.9 Å². The maximum Gasteiger partial charge on any atom is 0.190 e. The van der Waals surface area contributed by atoms with Crippen LogP contribution in [0.1, 0.15) is 52.9 Å². The number of nitrogens with one attached hydrogen (secondary N) is 2. The Morgan fingerprint density at radius 2 is 1.92 bits per heavy atom. The zero-order valence-corrected chi connectivity index (χ0v) is 18.5. The first-order valence-corrected chi connectivity index (χ1v) is 9.39. The molecule has 1 fully saturated rings. The van der Waals surface area contributed by atoms with Crippen molar-refractivity contribution in [3.05, 3.63) is 0 Å². The number of rotatable bonds is 10. The SMILES string of the molecule is CN=C(NCCCOCC(C)C)NCCCN1CCCCC1C.I. The van der Waals surface area contributed by atoms with Gasteiger partial charge in [-0.15, -0.1) is 24.0 Å². The third-order valence-corrected chi connectivity index (χ3v) is 4.29. The second-order valence-corrected chi connectivity index (χ2v) is 6.98. The van der Waals surface area contributed by atoms with Gasteiger partial charge in [-0.2, -0.15) is 0 Å². The van der Waals surface area contributed by atoms with E-state index in [9.17, 15) is 0 Å². The number of likely N-dealkylation sites (tertiary alicyclic amines) is 1. The Morgan fingerprint density at radius 3 is 2.54 bits per heavy atom. The molecule has 1 unspecified atom stereocenters. The number of hydrogen-bond donors (Lipinski definition) is 2. The fraction of sp³-hybridized carbons (Fsp3) is 0.944. The van der Waals surface area contributed by atoms with E-state index in [4.69, 9.17) is 4.74 Å². The molecule has 0 saturated carbocycles. The molecule has 2 N–H and O–H groups in total. The van der Waals surface area contributed by atoms with E-state index in [1.807, 2.05) is 7.05 Å². The molecule has 1 aliphatic heterocycles. The third-order valence-electron chi connectivity index (χ3n) is 4.29. The van der Waals surface area contributed by atoms with Gasteiger partial charge in [-0.25, -0.2) is 0 Å². The van der Waals surface area contributed by atoms with Crippen molar-refractivity contribution in [3.8, 4) is 0 Å². The van der Waals surface area contributed by atoms with E-state index < -0.39 is 0 Å². The number of nitrogens with zero attached hydrogens (tertiary/aromatic N) is 2. The fourth-order valence-corrected chi connectivity index (χ4v) is 2.90. The Balaban J connectivity index is 0.00000529. The molecule has 6 heteroatoms.